The molecule has 37 heavy (non-hydrogen) atoms. The first-order valence-corrected chi connectivity index (χ1v) is 12.6. The van der Waals surface area contributed by atoms with Crippen LogP contribution in [0.2, 0.25) is 0 Å². The van der Waals surface area contributed by atoms with Gasteiger partial charge in [-0.25, -0.2) is 0 Å². The van der Waals surface area contributed by atoms with E-state index in [0.29, 0.717) is 24.5 Å². The summed E-state index contributed by atoms with van der Waals surface area (Å²) in [6.45, 7) is 7.72. The number of alkyl halides is 6. The van der Waals surface area contributed by atoms with Crippen molar-refractivity contribution in [1.29, 1.82) is 0 Å². The molecule has 0 saturated heterocycles. The molecule has 0 bridgehead atoms. The highest BCUT2D eigenvalue weighted by molar-refractivity contribution is 5.38. The second-order valence-electron chi connectivity index (χ2n) is 11.1. The Labute approximate surface area is 213 Å². The minimum absolute atomic E-state index is 0.0459. The number of aliphatic hydroxyl groups excluding tert-OH is 3. The Kier molecular flexibility index (Phi) is 8.50. The first kappa shape index (κ1) is 29.9. The molecule has 3 aliphatic rings. The molecule has 210 valence electrons. The van der Waals surface area contributed by atoms with Gasteiger partial charge in [0.1, 0.15) is 6.10 Å². The zero-order chi connectivity index (χ0) is 28.0. The van der Waals surface area contributed by atoms with Gasteiger partial charge in [0.25, 0.3) is 5.60 Å². The van der Waals surface area contributed by atoms with Crippen LogP contribution in [0.15, 0.2) is 47.6 Å². The Morgan fingerprint density at radius 3 is 2.24 bits per heavy atom. The molecular formula is C27H36F6O4. The highest BCUT2D eigenvalue weighted by Crippen LogP contribution is 2.59. The van der Waals surface area contributed by atoms with Crippen LogP contribution in [0, 0.1) is 23.2 Å². The highest BCUT2D eigenvalue weighted by Gasteiger charge is 2.73. The van der Waals surface area contributed by atoms with Crippen molar-refractivity contribution < 1.29 is 46.8 Å². The van der Waals surface area contributed by atoms with E-state index >= 15 is 0 Å². The molecule has 4 nitrogen and oxygen atoms in total. The fraction of sp³-hybridized carbons (Fsp3) is 0.704. The predicted molar refractivity (Wildman–Crippen MR) is 126 cm³/mol. The van der Waals surface area contributed by atoms with E-state index in [-0.39, 0.29) is 23.7 Å². The van der Waals surface area contributed by atoms with E-state index in [1.165, 1.54) is 5.57 Å². The maximum absolute atomic E-state index is 13.1. The number of hydrogen-bond donors (Lipinski definition) is 4. The Bertz CT molecular complexity index is 936. The van der Waals surface area contributed by atoms with Crippen LogP contribution in [0.25, 0.3) is 0 Å². The maximum Gasteiger partial charge on any atom is 0.429 e. The Hall–Kier alpha value is -1.62. The lowest BCUT2D eigenvalue weighted by Gasteiger charge is -2.44. The topological polar surface area (TPSA) is 80.9 Å². The summed E-state index contributed by atoms with van der Waals surface area (Å²) in [5.74, 6) is -0.315. The van der Waals surface area contributed by atoms with E-state index in [2.05, 4.69) is 13.5 Å². The third-order valence-corrected chi connectivity index (χ3v) is 8.83. The molecule has 4 N–H and O–H groups in total. The van der Waals surface area contributed by atoms with Crippen molar-refractivity contribution in [1.82, 2.24) is 0 Å². The average Bonchev–Trinajstić information content (AvgIpc) is 3.14. The number of fused-ring (bicyclic) bond motifs is 1. The molecule has 0 radical (unpaired) electrons. The van der Waals surface area contributed by atoms with Gasteiger partial charge in [-0.05, 0) is 72.8 Å². The quantitative estimate of drug-likeness (QED) is 0.274. The molecule has 3 rings (SSSR count). The van der Waals surface area contributed by atoms with Crippen LogP contribution in [0.4, 0.5) is 26.3 Å². The third kappa shape index (κ3) is 5.58. The minimum Gasteiger partial charge on any atom is -0.393 e. The SMILES string of the molecule is C=C1/C(=C/C=C2/CCC[C@]3(C)[C@@H]([C@@H](C)/C=C/[C@H](O)C(O)(C(F)(F)F)C(F)(F)F)CC[C@@H]23)C[C@@H](O)C[C@@H]1O. The van der Waals surface area contributed by atoms with Gasteiger partial charge in [0.2, 0.25) is 0 Å². The van der Waals surface area contributed by atoms with Crippen molar-refractivity contribution in [2.24, 2.45) is 23.2 Å². The van der Waals surface area contributed by atoms with Gasteiger partial charge < -0.3 is 20.4 Å². The molecule has 0 aliphatic heterocycles. The first-order chi connectivity index (χ1) is 16.9. The van der Waals surface area contributed by atoms with E-state index in [1.807, 2.05) is 12.2 Å². The monoisotopic (exact) mass is 538 g/mol. The molecular weight excluding hydrogens is 502 g/mol. The van der Waals surface area contributed by atoms with Gasteiger partial charge in [0, 0.05) is 6.42 Å². The Morgan fingerprint density at radius 1 is 1.03 bits per heavy atom. The van der Waals surface area contributed by atoms with Crippen LogP contribution < -0.4 is 0 Å². The predicted octanol–water partition coefficient (Wildman–Crippen LogP) is 5.54. The van der Waals surface area contributed by atoms with Gasteiger partial charge in [-0.3, -0.25) is 0 Å². The summed E-state index contributed by atoms with van der Waals surface area (Å²) < 4.78 is 78.4. The summed E-state index contributed by atoms with van der Waals surface area (Å²) in [5.41, 5.74) is -2.94. The summed E-state index contributed by atoms with van der Waals surface area (Å²) in [4.78, 5) is 0. The van der Waals surface area contributed by atoms with Crippen molar-refractivity contribution in [2.75, 3.05) is 0 Å². The molecule has 0 aromatic carbocycles. The standard InChI is InChI=1S/C27H36F6O4/c1-15(6-11-23(36)25(37,26(28,29)30)27(31,32)33)20-9-10-21-17(5-4-12-24(20,21)3)7-8-18-13-19(34)14-22(35)16(18)2/h6-8,11,15,19-23,34-37H,2,4-5,9-10,12-14H2,1,3H3/b11-6+,17-7-,18-8+/t15-,19+,20+,21-,22-,23-,24+/m0/s1. The van der Waals surface area contributed by atoms with E-state index in [1.54, 1.807) is 6.92 Å². The van der Waals surface area contributed by atoms with Crippen molar-refractivity contribution >= 4 is 0 Å². The summed E-state index contributed by atoms with van der Waals surface area (Å²) >= 11 is 0. The van der Waals surface area contributed by atoms with Gasteiger partial charge in [0.05, 0.1) is 12.2 Å². The molecule has 3 saturated carbocycles. The van der Waals surface area contributed by atoms with Crippen molar-refractivity contribution in [3.05, 3.63) is 47.6 Å². The van der Waals surface area contributed by atoms with Crippen LogP contribution in [0.5, 0.6) is 0 Å². The van der Waals surface area contributed by atoms with E-state index < -0.39 is 42.2 Å². The second kappa shape index (κ2) is 10.5. The van der Waals surface area contributed by atoms with Crippen LogP contribution in [0.1, 0.15) is 58.8 Å². The Balaban J connectivity index is 1.79. The summed E-state index contributed by atoms with van der Waals surface area (Å²) in [6.07, 6.45) is -6.65. The molecule has 0 heterocycles. The molecule has 0 spiro atoms. The normalized spacial score (nSPS) is 35.8. The minimum atomic E-state index is -6.10. The zero-order valence-corrected chi connectivity index (χ0v) is 21.0. The Morgan fingerprint density at radius 2 is 1.65 bits per heavy atom. The lowest BCUT2D eigenvalue weighted by Crippen LogP contribution is -2.63. The van der Waals surface area contributed by atoms with Gasteiger partial charge in [-0.2, -0.15) is 26.3 Å². The molecule has 0 aromatic heterocycles. The highest BCUT2D eigenvalue weighted by atomic mass is 19.4. The molecule has 3 aliphatic carbocycles. The molecule has 7 atom stereocenters. The average molecular weight is 539 g/mol. The number of halogens is 6. The van der Waals surface area contributed by atoms with Crippen molar-refractivity contribution in [3.8, 4) is 0 Å². The van der Waals surface area contributed by atoms with E-state index in [0.717, 1.165) is 37.3 Å². The lowest BCUT2D eigenvalue weighted by molar-refractivity contribution is -0.385. The fourth-order valence-corrected chi connectivity index (χ4v) is 6.66. The molecule has 0 aromatic rings. The summed E-state index contributed by atoms with van der Waals surface area (Å²) in [5, 5.41) is 39.3. The molecule has 0 amide bonds. The maximum atomic E-state index is 13.1. The molecule has 10 heteroatoms. The van der Waals surface area contributed by atoms with Crippen LogP contribution >= 0.6 is 0 Å². The second-order valence-corrected chi connectivity index (χ2v) is 11.1. The van der Waals surface area contributed by atoms with Crippen molar-refractivity contribution in [3.63, 3.8) is 0 Å². The number of hydrogen-bond acceptors (Lipinski definition) is 4. The van der Waals surface area contributed by atoms with Gasteiger partial charge in [0.15, 0.2) is 0 Å². The molecule has 3 fully saturated rings. The van der Waals surface area contributed by atoms with Crippen LogP contribution in [-0.2, 0) is 0 Å². The summed E-state index contributed by atoms with van der Waals surface area (Å²) in [7, 11) is 0. The largest absolute Gasteiger partial charge is 0.429 e. The zero-order valence-electron chi connectivity index (χ0n) is 21.0. The summed E-state index contributed by atoms with van der Waals surface area (Å²) in [6, 6.07) is 0. The lowest BCUT2D eigenvalue weighted by atomic mass is 9.61. The smallest absolute Gasteiger partial charge is 0.393 e. The number of allylic oxidation sites excluding steroid dienone is 4. The third-order valence-electron chi connectivity index (χ3n) is 8.83. The number of aliphatic hydroxyl groups is 4. The molecule has 0 unspecified atom stereocenters. The fourth-order valence-electron chi connectivity index (χ4n) is 6.66. The van der Waals surface area contributed by atoms with E-state index in [9.17, 15) is 46.8 Å². The van der Waals surface area contributed by atoms with Crippen molar-refractivity contribution in [2.45, 2.75) is 95.1 Å². The van der Waals surface area contributed by atoms with Crippen LogP contribution in [-0.4, -0.2) is 56.7 Å². The van der Waals surface area contributed by atoms with Gasteiger partial charge >= 0.3 is 12.4 Å². The number of rotatable bonds is 5. The van der Waals surface area contributed by atoms with Gasteiger partial charge in [-0.15, -0.1) is 0 Å². The first-order valence-electron chi connectivity index (χ1n) is 12.6. The van der Waals surface area contributed by atoms with Gasteiger partial charge in [-0.1, -0.05) is 50.3 Å². The van der Waals surface area contributed by atoms with E-state index in [4.69, 9.17) is 0 Å². The van der Waals surface area contributed by atoms with Crippen LogP contribution in [0.3, 0.4) is 0 Å².